The average molecular weight is 330 g/mol. The van der Waals surface area contributed by atoms with Crippen molar-refractivity contribution in [1.82, 2.24) is 10.2 Å². The molecule has 0 atom stereocenters. The Hall–Kier alpha value is -2.28. The summed E-state index contributed by atoms with van der Waals surface area (Å²) in [5.41, 5.74) is 1.11. The number of benzene rings is 1. The van der Waals surface area contributed by atoms with Crippen LogP contribution in [0.4, 0.5) is 10.8 Å². The van der Waals surface area contributed by atoms with Gasteiger partial charge in [-0.05, 0) is 31.0 Å². The van der Waals surface area contributed by atoms with Crippen LogP contribution in [0.25, 0.3) is 0 Å². The highest BCUT2D eigenvalue weighted by atomic mass is 32.1. The first-order valence-corrected chi connectivity index (χ1v) is 8.40. The number of carbonyl (C=O) groups is 2. The number of hydrogen-bond donors (Lipinski definition) is 2. The van der Waals surface area contributed by atoms with Gasteiger partial charge in [0.05, 0.1) is 0 Å². The highest BCUT2D eigenvalue weighted by Crippen LogP contribution is 2.30. The summed E-state index contributed by atoms with van der Waals surface area (Å²) in [7, 11) is 0. The number of nitrogens with one attached hydrogen (secondary N) is 2. The van der Waals surface area contributed by atoms with Gasteiger partial charge in [-0.1, -0.05) is 31.3 Å². The van der Waals surface area contributed by atoms with E-state index in [-0.39, 0.29) is 23.7 Å². The van der Waals surface area contributed by atoms with Crippen molar-refractivity contribution in [2.75, 3.05) is 10.6 Å². The van der Waals surface area contributed by atoms with Gasteiger partial charge in [0.2, 0.25) is 11.0 Å². The topological polar surface area (TPSA) is 84.0 Å². The first kappa shape index (κ1) is 15.6. The Morgan fingerprint density at radius 2 is 2.00 bits per heavy atom. The summed E-state index contributed by atoms with van der Waals surface area (Å²) in [5, 5.41) is 15.0. The highest BCUT2D eigenvalue weighted by molar-refractivity contribution is 7.15. The summed E-state index contributed by atoms with van der Waals surface area (Å²) < 4.78 is 0. The zero-order chi connectivity index (χ0) is 16.4. The van der Waals surface area contributed by atoms with Crippen LogP contribution in [0, 0.1) is 5.92 Å². The quantitative estimate of drug-likeness (QED) is 0.881. The molecule has 1 saturated carbocycles. The number of amides is 2. The minimum Gasteiger partial charge on any atom is -0.326 e. The lowest BCUT2D eigenvalue weighted by Gasteiger charge is -2.06. The molecule has 1 fully saturated rings. The van der Waals surface area contributed by atoms with E-state index in [1.165, 1.54) is 11.3 Å². The number of hydrogen-bond acceptors (Lipinski definition) is 5. The van der Waals surface area contributed by atoms with E-state index in [4.69, 9.17) is 0 Å². The van der Waals surface area contributed by atoms with Crippen LogP contribution in [0.2, 0.25) is 0 Å². The van der Waals surface area contributed by atoms with Crippen LogP contribution in [0.15, 0.2) is 24.3 Å². The molecule has 2 aromatic rings. The third-order valence-electron chi connectivity index (χ3n) is 3.50. The maximum atomic E-state index is 12.3. The summed E-state index contributed by atoms with van der Waals surface area (Å²) in [6, 6.07) is 6.89. The number of nitrogens with zero attached hydrogens (tertiary/aromatic N) is 2. The number of rotatable bonds is 5. The van der Waals surface area contributed by atoms with Gasteiger partial charge >= 0.3 is 0 Å². The van der Waals surface area contributed by atoms with E-state index in [2.05, 4.69) is 20.8 Å². The predicted molar refractivity (Wildman–Crippen MR) is 89.7 cm³/mol. The fourth-order valence-electron chi connectivity index (χ4n) is 2.02. The van der Waals surface area contributed by atoms with Gasteiger partial charge in [0.25, 0.3) is 5.91 Å². The van der Waals surface area contributed by atoms with Crippen molar-refractivity contribution in [3.63, 3.8) is 0 Å². The summed E-state index contributed by atoms with van der Waals surface area (Å²) in [6.07, 6.45) is 1.89. The number of anilines is 2. The Balaban J connectivity index is 1.67. The molecular weight excluding hydrogens is 312 g/mol. The van der Waals surface area contributed by atoms with Gasteiger partial charge < -0.3 is 5.32 Å². The molecule has 7 heteroatoms. The molecule has 1 aliphatic carbocycles. The molecule has 1 aromatic carbocycles. The van der Waals surface area contributed by atoms with E-state index in [1.54, 1.807) is 24.3 Å². The molecule has 23 heavy (non-hydrogen) atoms. The van der Waals surface area contributed by atoms with E-state index in [9.17, 15) is 9.59 Å². The van der Waals surface area contributed by atoms with Gasteiger partial charge in [-0.3, -0.25) is 14.9 Å². The van der Waals surface area contributed by atoms with Gasteiger partial charge in [0.15, 0.2) is 0 Å². The van der Waals surface area contributed by atoms with E-state index in [0.29, 0.717) is 16.4 Å². The van der Waals surface area contributed by atoms with Crippen molar-refractivity contribution in [2.45, 2.75) is 32.6 Å². The molecule has 6 nitrogen and oxygen atoms in total. The zero-order valence-electron chi connectivity index (χ0n) is 13.0. The smallest absolute Gasteiger partial charge is 0.257 e. The molecule has 3 rings (SSSR count). The second-order valence-electron chi connectivity index (χ2n) is 5.90. The molecule has 2 N–H and O–H groups in total. The molecule has 0 unspecified atom stereocenters. The second-order valence-corrected chi connectivity index (χ2v) is 6.91. The van der Waals surface area contributed by atoms with Crippen molar-refractivity contribution >= 4 is 34.0 Å². The van der Waals surface area contributed by atoms with Crippen LogP contribution < -0.4 is 10.6 Å². The van der Waals surface area contributed by atoms with Crippen molar-refractivity contribution in [3.05, 3.63) is 34.8 Å². The molecule has 2 amide bonds. The Morgan fingerprint density at radius 1 is 1.22 bits per heavy atom. The first-order chi connectivity index (χ1) is 11.0. The first-order valence-electron chi connectivity index (χ1n) is 7.58. The number of aromatic nitrogens is 2. The highest BCUT2D eigenvalue weighted by Gasteiger charge is 2.29. The van der Waals surface area contributed by atoms with Gasteiger partial charge in [-0.25, -0.2) is 0 Å². The Kier molecular flexibility index (Phi) is 4.38. The molecule has 1 aromatic heterocycles. The van der Waals surface area contributed by atoms with E-state index in [1.807, 2.05) is 13.8 Å². The Bertz CT molecular complexity index is 737. The standard InChI is InChI=1S/C16H18N4O2S/c1-9(2)15-19-20-16(23-15)18-14(22)11-4-3-5-12(8-11)17-13(21)10-6-7-10/h3-5,8-10H,6-7H2,1-2H3,(H,17,21)(H,18,20,22). The lowest BCUT2D eigenvalue weighted by molar-refractivity contribution is -0.117. The van der Waals surface area contributed by atoms with Crippen LogP contribution in [0.3, 0.4) is 0 Å². The molecular formula is C16H18N4O2S. The summed E-state index contributed by atoms with van der Waals surface area (Å²) in [5.74, 6) is 0.162. The van der Waals surface area contributed by atoms with Gasteiger partial charge in [0.1, 0.15) is 5.01 Å². The van der Waals surface area contributed by atoms with Crippen LogP contribution in [-0.2, 0) is 4.79 Å². The van der Waals surface area contributed by atoms with E-state index < -0.39 is 0 Å². The van der Waals surface area contributed by atoms with Crippen molar-refractivity contribution in [1.29, 1.82) is 0 Å². The third-order valence-corrected chi connectivity index (χ3v) is 4.63. The molecule has 1 aliphatic rings. The molecule has 1 heterocycles. The van der Waals surface area contributed by atoms with Crippen LogP contribution >= 0.6 is 11.3 Å². The minimum atomic E-state index is -0.265. The van der Waals surface area contributed by atoms with Crippen molar-refractivity contribution in [2.24, 2.45) is 5.92 Å². The zero-order valence-corrected chi connectivity index (χ0v) is 13.8. The summed E-state index contributed by atoms with van der Waals surface area (Å²) in [6.45, 7) is 4.05. The number of carbonyl (C=O) groups excluding carboxylic acids is 2. The SMILES string of the molecule is CC(C)c1nnc(NC(=O)c2cccc(NC(=O)C3CC3)c2)s1. The average Bonchev–Trinajstić information content (AvgIpc) is 3.27. The van der Waals surface area contributed by atoms with Gasteiger partial charge in [0, 0.05) is 23.1 Å². The maximum Gasteiger partial charge on any atom is 0.257 e. The summed E-state index contributed by atoms with van der Waals surface area (Å²) in [4.78, 5) is 24.1. The minimum absolute atomic E-state index is 0.0215. The van der Waals surface area contributed by atoms with E-state index >= 15 is 0 Å². The molecule has 0 aliphatic heterocycles. The maximum absolute atomic E-state index is 12.3. The van der Waals surface area contributed by atoms with Crippen LogP contribution in [0.5, 0.6) is 0 Å². The molecule has 0 spiro atoms. The molecule has 0 bridgehead atoms. The molecule has 120 valence electrons. The monoisotopic (exact) mass is 330 g/mol. The van der Waals surface area contributed by atoms with Gasteiger partial charge in [-0.15, -0.1) is 10.2 Å². The van der Waals surface area contributed by atoms with Gasteiger partial charge in [-0.2, -0.15) is 0 Å². The van der Waals surface area contributed by atoms with Crippen LogP contribution in [-0.4, -0.2) is 22.0 Å². The van der Waals surface area contributed by atoms with E-state index in [0.717, 1.165) is 17.8 Å². The fourth-order valence-corrected chi connectivity index (χ4v) is 2.76. The van der Waals surface area contributed by atoms with Crippen molar-refractivity contribution < 1.29 is 9.59 Å². The summed E-state index contributed by atoms with van der Waals surface area (Å²) >= 11 is 1.37. The third kappa shape index (κ3) is 3.92. The van der Waals surface area contributed by atoms with Crippen LogP contribution in [0.1, 0.15) is 48.0 Å². The fraction of sp³-hybridized carbons (Fsp3) is 0.375. The predicted octanol–water partition coefficient (Wildman–Crippen LogP) is 3.26. The lowest BCUT2D eigenvalue weighted by atomic mass is 10.2. The second kappa shape index (κ2) is 6.45. The lowest BCUT2D eigenvalue weighted by Crippen LogP contribution is -2.15. The Labute approximate surface area is 138 Å². The normalized spacial score (nSPS) is 13.9. The largest absolute Gasteiger partial charge is 0.326 e. The van der Waals surface area contributed by atoms with Crippen molar-refractivity contribution in [3.8, 4) is 0 Å². The molecule has 0 radical (unpaired) electrons. The molecule has 0 saturated heterocycles. The Morgan fingerprint density at radius 3 is 2.65 bits per heavy atom.